The molecule has 3 heterocycles. The van der Waals surface area contributed by atoms with Gasteiger partial charge in [-0.1, -0.05) is 30.3 Å². The average molecular weight is 371 g/mol. The van der Waals surface area contributed by atoms with Gasteiger partial charge in [0.2, 0.25) is 11.8 Å². The molecule has 6 heteroatoms. The largest absolute Gasteiger partial charge is 0.365 e. The number of hydrogen-bond acceptors (Lipinski definition) is 4. The molecule has 0 unspecified atom stereocenters. The first-order valence-electron chi connectivity index (χ1n) is 9.97. The van der Waals surface area contributed by atoms with Gasteiger partial charge in [-0.3, -0.25) is 9.59 Å². The van der Waals surface area contributed by atoms with E-state index in [9.17, 15) is 9.59 Å². The van der Waals surface area contributed by atoms with Crippen molar-refractivity contribution in [2.45, 2.75) is 50.2 Å². The van der Waals surface area contributed by atoms with Gasteiger partial charge in [-0.05, 0) is 50.8 Å². The van der Waals surface area contributed by atoms with Gasteiger partial charge in [-0.25, -0.2) is 0 Å². The zero-order valence-electron chi connectivity index (χ0n) is 16.0. The van der Waals surface area contributed by atoms with Crippen LogP contribution in [0.15, 0.2) is 30.3 Å². The maximum Gasteiger partial charge on any atom is 0.229 e. The number of ether oxygens (including phenoxy) is 1. The van der Waals surface area contributed by atoms with Crippen molar-refractivity contribution >= 4 is 11.8 Å². The van der Waals surface area contributed by atoms with Gasteiger partial charge >= 0.3 is 0 Å². The second-order valence-electron chi connectivity index (χ2n) is 8.37. The average Bonchev–Trinajstić information content (AvgIpc) is 3.06. The zero-order chi connectivity index (χ0) is 19.0. The van der Waals surface area contributed by atoms with Crippen molar-refractivity contribution in [2.75, 3.05) is 26.2 Å². The highest BCUT2D eigenvalue weighted by atomic mass is 16.5. The van der Waals surface area contributed by atoms with Crippen LogP contribution in [0.25, 0.3) is 0 Å². The summed E-state index contributed by atoms with van der Waals surface area (Å²) in [6, 6.07) is 10.2. The van der Waals surface area contributed by atoms with Gasteiger partial charge in [-0.15, -0.1) is 0 Å². The van der Waals surface area contributed by atoms with E-state index in [1.807, 2.05) is 18.2 Å². The van der Waals surface area contributed by atoms with Crippen LogP contribution >= 0.6 is 0 Å². The maximum atomic E-state index is 13.3. The fraction of sp³-hybridized carbons (Fsp3) is 0.619. The van der Waals surface area contributed by atoms with Crippen molar-refractivity contribution in [3.63, 3.8) is 0 Å². The van der Waals surface area contributed by atoms with Crippen LogP contribution in [0.5, 0.6) is 0 Å². The lowest BCUT2D eigenvalue weighted by molar-refractivity contribution is -0.141. The normalized spacial score (nSPS) is 30.6. The SMILES string of the molecule is CC(=O)NCC12CC(C(=O)NCCc3ccccc3)(C1)C1(CCNCC1)O2. The Morgan fingerprint density at radius 1 is 1.11 bits per heavy atom. The van der Waals surface area contributed by atoms with Crippen LogP contribution in [-0.4, -0.2) is 49.2 Å². The predicted octanol–water partition coefficient (Wildman–Crippen LogP) is 1.15. The van der Waals surface area contributed by atoms with Crippen LogP contribution in [0.3, 0.4) is 0 Å². The maximum absolute atomic E-state index is 13.3. The molecule has 27 heavy (non-hydrogen) atoms. The number of rotatable bonds is 6. The third kappa shape index (κ3) is 3.15. The molecule has 2 bridgehead atoms. The molecule has 1 aliphatic carbocycles. The Bertz CT molecular complexity index is 707. The molecule has 1 saturated carbocycles. The summed E-state index contributed by atoms with van der Waals surface area (Å²) in [5.41, 5.74) is 0.000537. The Kier molecular flexibility index (Phi) is 4.72. The minimum absolute atomic E-state index is 0.0518. The monoisotopic (exact) mass is 371 g/mol. The molecule has 3 saturated heterocycles. The van der Waals surface area contributed by atoms with Gasteiger partial charge in [0.05, 0.1) is 16.6 Å². The molecule has 3 N–H and O–H groups in total. The van der Waals surface area contributed by atoms with Crippen LogP contribution in [0.1, 0.15) is 38.2 Å². The van der Waals surface area contributed by atoms with E-state index >= 15 is 0 Å². The third-order valence-corrected chi connectivity index (χ3v) is 6.58. The van der Waals surface area contributed by atoms with E-state index in [0.717, 1.165) is 32.4 Å². The summed E-state index contributed by atoms with van der Waals surface area (Å²) in [6.07, 6.45) is 3.94. The van der Waals surface area contributed by atoms with Crippen LogP contribution in [0.2, 0.25) is 0 Å². The lowest BCUT2D eigenvalue weighted by Gasteiger charge is -2.48. The highest BCUT2D eigenvalue weighted by Gasteiger charge is 2.77. The van der Waals surface area contributed by atoms with Crippen LogP contribution in [0, 0.1) is 5.41 Å². The lowest BCUT2D eigenvalue weighted by Crippen LogP contribution is -2.61. The summed E-state index contributed by atoms with van der Waals surface area (Å²) in [4.78, 5) is 24.6. The minimum atomic E-state index is -0.454. The summed E-state index contributed by atoms with van der Waals surface area (Å²) in [5.74, 6) is 0.0697. The van der Waals surface area contributed by atoms with Gasteiger partial charge < -0.3 is 20.7 Å². The summed E-state index contributed by atoms with van der Waals surface area (Å²) < 4.78 is 6.58. The molecular formula is C21H29N3O3. The first-order chi connectivity index (χ1) is 13.0. The van der Waals surface area contributed by atoms with Gasteiger partial charge in [0.15, 0.2) is 0 Å². The molecule has 4 aliphatic rings. The molecule has 3 aliphatic heterocycles. The molecule has 4 fully saturated rings. The molecule has 1 aromatic carbocycles. The number of hydrogen-bond donors (Lipinski definition) is 3. The number of carbonyl (C=O) groups is 2. The van der Waals surface area contributed by atoms with Crippen molar-refractivity contribution in [1.29, 1.82) is 0 Å². The Balaban J connectivity index is 1.44. The van der Waals surface area contributed by atoms with E-state index in [4.69, 9.17) is 4.74 Å². The van der Waals surface area contributed by atoms with Crippen LogP contribution in [0.4, 0.5) is 0 Å². The fourth-order valence-corrected chi connectivity index (χ4v) is 5.31. The van der Waals surface area contributed by atoms with E-state index in [1.54, 1.807) is 0 Å². The van der Waals surface area contributed by atoms with Crippen LogP contribution < -0.4 is 16.0 Å². The van der Waals surface area contributed by atoms with Gasteiger partial charge in [0, 0.05) is 20.0 Å². The number of amides is 2. The van der Waals surface area contributed by atoms with Crippen molar-refractivity contribution in [3.8, 4) is 0 Å². The highest BCUT2D eigenvalue weighted by molar-refractivity contribution is 5.87. The highest BCUT2D eigenvalue weighted by Crippen LogP contribution is 2.68. The molecule has 5 rings (SSSR count). The number of carbonyl (C=O) groups excluding carboxylic acids is 2. The summed E-state index contributed by atoms with van der Waals surface area (Å²) in [7, 11) is 0. The Morgan fingerprint density at radius 3 is 2.48 bits per heavy atom. The molecule has 2 amide bonds. The summed E-state index contributed by atoms with van der Waals surface area (Å²) in [5, 5.41) is 9.45. The first-order valence-corrected chi connectivity index (χ1v) is 9.97. The Labute approximate surface area is 160 Å². The quantitative estimate of drug-likeness (QED) is 0.701. The first kappa shape index (κ1) is 18.4. The molecule has 6 nitrogen and oxygen atoms in total. The van der Waals surface area contributed by atoms with Crippen molar-refractivity contribution in [2.24, 2.45) is 5.41 Å². The smallest absolute Gasteiger partial charge is 0.229 e. The molecule has 0 atom stereocenters. The van der Waals surface area contributed by atoms with Gasteiger partial charge in [0.1, 0.15) is 0 Å². The number of benzene rings is 1. The Morgan fingerprint density at radius 2 is 1.81 bits per heavy atom. The van der Waals surface area contributed by atoms with E-state index in [1.165, 1.54) is 12.5 Å². The zero-order valence-corrected chi connectivity index (χ0v) is 16.0. The molecule has 0 radical (unpaired) electrons. The van der Waals surface area contributed by atoms with E-state index in [2.05, 4.69) is 28.1 Å². The Hall–Kier alpha value is -1.92. The number of nitrogens with one attached hydrogen (secondary N) is 3. The topological polar surface area (TPSA) is 79.5 Å². The van der Waals surface area contributed by atoms with E-state index in [-0.39, 0.29) is 17.4 Å². The predicted molar refractivity (Wildman–Crippen MR) is 102 cm³/mol. The molecule has 1 aromatic rings. The second-order valence-corrected chi connectivity index (χ2v) is 8.37. The van der Waals surface area contributed by atoms with Crippen molar-refractivity contribution < 1.29 is 14.3 Å². The fourth-order valence-electron chi connectivity index (χ4n) is 5.31. The standard InChI is InChI=1S/C21H29N3O3/c1-16(25)24-15-19-13-20(14-19,21(27-19)8-11-22-12-9-21)18(26)23-10-7-17-5-3-2-4-6-17/h2-6,22H,7-15H2,1H3,(H,23,26)(H,24,25). The molecule has 146 valence electrons. The third-order valence-electron chi connectivity index (χ3n) is 6.58. The minimum Gasteiger partial charge on any atom is -0.365 e. The van der Waals surface area contributed by atoms with Crippen molar-refractivity contribution in [1.82, 2.24) is 16.0 Å². The van der Waals surface area contributed by atoms with Crippen LogP contribution in [-0.2, 0) is 20.7 Å². The molecule has 0 aromatic heterocycles. The summed E-state index contributed by atoms with van der Waals surface area (Å²) in [6.45, 7) is 4.40. The van der Waals surface area contributed by atoms with Crippen molar-refractivity contribution in [3.05, 3.63) is 35.9 Å². The second kappa shape index (κ2) is 6.91. The van der Waals surface area contributed by atoms with Gasteiger partial charge in [-0.2, -0.15) is 0 Å². The van der Waals surface area contributed by atoms with E-state index in [0.29, 0.717) is 25.9 Å². The van der Waals surface area contributed by atoms with E-state index < -0.39 is 11.0 Å². The lowest BCUT2D eigenvalue weighted by atomic mass is 9.53. The molecular weight excluding hydrogens is 342 g/mol. The van der Waals surface area contributed by atoms with Gasteiger partial charge in [0.25, 0.3) is 0 Å². The number of piperidine rings is 1. The molecule has 1 spiro atoms. The summed E-state index contributed by atoms with van der Waals surface area (Å²) >= 11 is 0.